The summed E-state index contributed by atoms with van der Waals surface area (Å²) in [5.41, 5.74) is 0.364. The molecule has 0 atom stereocenters. The molecule has 6 heteroatoms. The summed E-state index contributed by atoms with van der Waals surface area (Å²) in [5, 5.41) is 5.98. The van der Waals surface area contributed by atoms with Crippen LogP contribution in [0.5, 0.6) is 0 Å². The van der Waals surface area contributed by atoms with Crippen LogP contribution in [0, 0.1) is 5.82 Å². The van der Waals surface area contributed by atoms with Crippen molar-refractivity contribution in [3.63, 3.8) is 0 Å². The highest BCUT2D eigenvalue weighted by atomic mass is 79.9. The zero-order valence-electron chi connectivity index (χ0n) is 11.5. The van der Waals surface area contributed by atoms with Gasteiger partial charge in [-0.1, -0.05) is 19.9 Å². The molecular weight excluding hydrogens is 323 g/mol. The number of nitrogens with zero attached hydrogens (tertiary/aromatic N) is 2. The molecule has 0 radical (unpaired) electrons. The molecule has 0 aliphatic rings. The van der Waals surface area contributed by atoms with Crippen LogP contribution in [0.3, 0.4) is 0 Å². The fraction of sp³-hybridized carbons (Fsp3) is 0.286. The second-order valence-electron chi connectivity index (χ2n) is 4.62. The molecule has 0 saturated heterocycles. The number of nitrogens with one attached hydrogen (secondary N) is 2. The molecule has 0 saturated carbocycles. The maximum absolute atomic E-state index is 13.8. The highest BCUT2D eigenvalue weighted by molar-refractivity contribution is 9.10. The van der Waals surface area contributed by atoms with Gasteiger partial charge in [0.05, 0.1) is 5.69 Å². The average Bonchev–Trinajstić information content (AvgIpc) is 2.42. The molecule has 1 heterocycles. The standard InChI is InChI=1S/C14H16BrFN4/c1-8(2)14-19-11(17-3)7-12(20-14)18-13-9(15)5-4-6-10(13)16/h4-8H,1-3H3,(H2,17,18,19,20). The fourth-order valence-corrected chi connectivity index (χ4v) is 2.10. The first-order valence-corrected chi connectivity index (χ1v) is 7.08. The van der Waals surface area contributed by atoms with Crippen LogP contribution in [0.15, 0.2) is 28.7 Å². The highest BCUT2D eigenvalue weighted by Gasteiger charge is 2.11. The second-order valence-corrected chi connectivity index (χ2v) is 5.48. The molecule has 4 nitrogen and oxygen atoms in total. The van der Waals surface area contributed by atoms with E-state index in [0.717, 1.165) is 0 Å². The molecule has 0 bridgehead atoms. The number of para-hydroxylation sites is 1. The third-order valence-corrected chi connectivity index (χ3v) is 3.39. The zero-order valence-corrected chi connectivity index (χ0v) is 13.1. The maximum atomic E-state index is 13.8. The van der Waals surface area contributed by atoms with Gasteiger partial charge >= 0.3 is 0 Å². The third kappa shape index (κ3) is 3.25. The first-order valence-electron chi connectivity index (χ1n) is 6.29. The monoisotopic (exact) mass is 338 g/mol. The Morgan fingerprint density at radius 1 is 1.20 bits per heavy atom. The van der Waals surface area contributed by atoms with Crippen molar-refractivity contribution in [3.05, 3.63) is 40.4 Å². The highest BCUT2D eigenvalue weighted by Crippen LogP contribution is 2.29. The van der Waals surface area contributed by atoms with Crippen LogP contribution < -0.4 is 10.6 Å². The van der Waals surface area contributed by atoms with Gasteiger partial charge in [0.2, 0.25) is 0 Å². The van der Waals surface area contributed by atoms with Crippen LogP contribution in [0.25, 0.3) is 0 Å². The number of hydrogen-bond donors (Lipinski definition) is 2. The molecule has 0 aliphatic heterocycles. The van der Waals surface area contributed by atoms with Crippen molar-refractivity contribution in [2.45, 2.75) is 19.8 Å². The lowest BCUT2D eigenvalue weighted by Gasteiger charge is -2.13. The minimum atomic E-state index is -0.338. The van der Waals surface area contributed by atoms with Crippen molar-refractivity contribution in [3.8, 4) is 0 Å². The number of anilines is 3. The Morgan fingerprint density at radius 3 is 2.50 bits per heavy atom. The van der Waals surface area contributed by atoms with Gasteiger partial charge in [-0.05, 0) is 28.1 Å². The quantitative estimate of drug-likeness (QED) is 0.873. The Hall–Kier alpha value is -1.69. The normalized spacial score (nSPS) is 10.7. The summed E-state index contributed by atoms with van der Waals surface area (Å²) in [6.07, 6.45) is 0. The maximum Gasteiger partial charge on any atom is 0.147 e. The minimum Gasteiger partial charge on any atom is -0.373 e. The van der Waals surface area contributed by atoms with Gasteiger partial charge in [0.25, 0.3) is 0 Å². The molecule has 20 heavy (non-hydrogen) atoms. The van der Waals surface area contributed by atoms with E-state index in [0.29, 0.717) is 27.6 Å². The summed E-state index contributed by atoms with van der Waals surface area (Å²) >= 11 is 3.33. The Morgan fingerprint density at radius 2 is 1.90 bits per heavy atom. The molecule has 0 amide bonds. The van der Waals surface area contributed by atoms with E-state index in [1.54, 1.807) is 25.2 Å². The van der Waals surface area contributed by atoms with E-state index < -0.39 is 0 Å². The van der Waals surface area contributed by atoms with Gasteiger partial charge in [-0.3, -0.25) is 0 Å². The first kappa shape index (κ1) is 14.7. The Labute approximate surface area is 126 Å². The lowest BCUT2D eigenvalue weighted by molar-refractivity contribution is 0.631. The van der Waals surface area contributed by atoms with E-state index in [-0.39, 0.29) is 11.7 Å². The number of aromatic nitrogens is 2. The van der Waals surface area contributed by atoms with Crippen molar-refractivity contribution >= 4 is 33.3 Å². The van der Waals surface area contributed by atoms with Gasteiger partial charge < -0.3 is 10.6 Å². The third-order valence-electron chi connectivity index (χ3n) is 2.73. The molecule has 1 aromatic carbocycles. The topological polar surface area (TPSA) is 49.8 Å². The summed E-state index contributed by atoms with van der Waals surface area (Å²) in [4.78, 5) is 8.78. The minimum absolute atomic E-state index is 0.188. The molecule has 0 fully saturated rings. The summed E-state index contributed by atoms with van der Waals surface area (Å²) < 4.78 is 14.5. The molecule has 0 unspecified atom stereocenters. The van der Waals surface area contributed by atoms with E-state index in [1.165, 1.54) is 6.07 Å². The average molecular weight is 339 g/mol. The Bertz CT molecular complexity index is 596. The van der Waals surface area contributed by atoms with Gasteiger partial charge in [-0.15, -0.1) is 0 Å². The van der Waals surface area contributed by atoms with E-state index in [9.17, 15) is 4.39 Å². The van der Waals surface area contributed by atoms with Crippen molar-refractivity contribution in [2.24, 2.45) is 0 Å². The molecular formula is C14H16BrFN4. The van der Waals surface area contributed by atoms with E-state index in [4.69, 9.17) is 0 Å². The second kappa shape index (κ2) is 6.17. The zero-order chi connectivity index (χ0) is 14.7. The van der Waals surface area contributed by atoms with Crippen LogP contribution in [-0.2, 0) is 0 Å². The van der Waals surface area contributed by atoms with Crippen molar-refractivity contribution in [1.82, 2.24) is 9.97 Å². The predicted molar refractivity (Wildman–Crippen MR) is 83.1 cm³/mol. The molecule has 1 aromatic heterocycles. The summed E-state index contributed by atoms with van der Waals surface area (Å²) in [6.45, 7) is 4.02. The predicted octanol–water partition coefficient (Wildman–Crippen LogP) is 4.29. The largest absolute Gasteiger partial charge is 0.373 e. The van der Waals surface area contributed by atoms with Crippen LogP contribution in [0.2, 0.25) is 0 Å². The number of benzene rings is 1. The van der Waals surface area contributed by atoms with Crippen LogP contribution in [0.4, 0.5) is 21.7 Å². The van der Waals surface area contributed by atoms with Gasteiger partial charge in [-0.2, -0.15) is 0 Å². The SMILES string of the molecule is CNc1cc(Nc2c(F)cccc2Br)nc(C(C)C)n1. The van der Waals surface area contributed by atoms with Crippen molar-refractivity contribution in [1.29, 1.82) is 0 Å². The molecule has 0 aliphatic carbocycles. The summed E-state index contributed by atoms with van der Waals surface area (Å²) in [7, 11) is 1.79. The van der Waals surface area contributed by atoms with Gasteiger partial charge in [-0.25, -0.2) is 14.4 Å². The molecule has 2 aromatic rings. The smallest absolute Gasteiger partial charge is 0.147 e. The van der Waals surface area contributed by atoms with Crippen LogP contribution in [-0.4, -0.2) is 17.0 Å². The van der Waals surface area contributed by atoms with Crippen molar-refractivity contribution < 1.29 is 4.39 Å². The number of hydrogen-bond acceptors (Lipinski definition) is 4. The molecule has 0 spiro atoms. The van der Waals surface area contributed by atoms with Gasteiger partial charge in [0, 0.05) is 23.5 Å². The Kier molecular flexibility index (Phi) is 4.54. The van der Waals surface area contributed by atoms with Crippen LogP contribution >= 0.6 is 15.9 Å². The first-order chi connectivity index (χ1) is 9.51. The molecule has 2 N–H and O–H groups in total. The van der Waals surface area contributed by atoms with Gasteiger partial charge in [0.1, 0.15) is 23.3 Å². The number of rotatable bonds is 4. The number of halogens is 2. The lowest BCUT2D eigenvalue weighted by atomic mass is 10.2. The van der Waals surface area contributed by atoms with Crippen molar-refractivity contribution in [2.75, 3.05) is 17.7 Å². The van der Waals surface area contributed by atoms with Crippen LogP contribution in [0.1, 0.15) is 25.6 Å². The van der Waals surface area contributed by atoms with E-state index >= 15 is 0 Å². The van der Waals surface area contributed by atoms with E-state index in [2.05, 4.69) is 36.5 Å². The fourth-order valence-electron chi connectivity index (χ4n) is 1.66. The summed E-state index contributed by atoms with van der Waals surface area (Å²) in [5.74, 6) is 1.80. The molecule has 106 valence electrons. The lowest BCUT2D eigenvalue weighted by Crippen LogP contribution is -2.06. The Balaban J connectivity index is 2.40. The van der Waals surface area contributed by atoms with E-state index in [1.807, 2.05) is 13.8 Å². The van der Waals surface area contributed by atoms with Gasteiger partial charge in [0.15, 0.2) is 0 Å². The summed E-state index contributed by atoms with van der Waals surface area (Å²) in [6, 6.07) is 6.56. The molecule has 2 rings (SSSR count).